The quantitative estimate of drug-likeness (QED) is 0.319. The maximum atomic E-state index is 14.5. The summed E-state index contributed by atoms with van der Waals surface area (Å²) in [4.78, 5) is 27.0. The van der Waals surface area contributed by atoms with Gasteiger partial charge < -0.3 is 16.4 Å². The van der Waals surface area contributed by atoms with E-state index in [0.717, 1.165) is 61.5 Å². The lowest BCUT2D eigenvalue weighted by Crippen LogP contribution is -2.47. The molecular formula is C30H35FN10. The molecule has 3 aromatic rings. The standard InChI is InChI=1S/C30H35FN10/c1-19(8-11-40-12-14-41(15-13-40)26-16-21(7-9-32)5-6-23(26)31)24-17-25-22(18-36-24)29(39-30(34)37-25)38-28(33)27-20(2)4-3-10-35-27/h3-6,10,16,18-19,24H,7-8,11-15,17H2,1-2H3,(H4,33,34,37,38,39). The van der Waals surface area contributed by atoms with Crippen LogP contribution in [0.1, 0.15) is 41.4 Å². The number of benzene rings is 1. The number of nitriles is 1. The van der Waals surface area contributed by atoms with Crippen molar-refractivity contribution in [3.63, 3.8) is 0 Å². The highest BCUT2D eigenvalue weighted by atomic mass is 19.1. The van der Waals surface area contributed by atoms with Crippen molar-refractivity contribution in [1.82, 2.24) is 19.9 Å². The summed E-state index contributed by atoms with van der Waals surface area (Å²) >= 11 is 0. The number of nitrogens with two attached hydrogens (primary N) is 2. The molecule has 2 aromatic heterocycles. The number of rotatable bonds is 8. The fourth-order valence-corrected chi connectivity index (χ4v) is 5.38. The molecule has 10 nitrogen and oxygen atoms in total. The molecular weight excluding hydrogens is 519 g/mol. The Balaban J connectivity index is 1.18. The molecule has 0 bridgehead atoms. The molecule has 4 heterocycles. The molecule has 212 valence electrons. The smallest absolute Gasteiger partial charge is 0.222 e. The summed E-state index contributed by atoms with van der Waals surface area (Å²) < 4.78 is 14.5. The Morgan fingerprint density at radius 1 is 1.22 bits per heavy atom. The van der Waals surface area contributed by atoms with Gasteiger partial charge in [-0.25, -0.2) is 14.4 Å². The normalized spacial score (nSPS) is 18.1. The van der Waals surface area contributed by atoms with Gasteiger partial charge in [-0.1, -0.05) is 19.1 Å². The van der Waals surface area contributed by atoms with Crippen LogP contribution < -0.4 is 16.4 Å². The first-order chi connectivity index (χ1) is 19.8. The highest BCUT2D eigenvalue weighted by molar-refractivity contribution is 6.00. The highest BCUT2D eigenvalue weighted by Crippen LogP contribution is 2.28. The van der Waals surface area contributed by atoms with Gasteiger partial charge in [-0.2, -0.15) is 10.2 Å². The summed E-state index contributed by atoms with van der Waals surface area (Å²) in [5.41, 5.74) is 16.8. The van der Waals surface area contributed by atoms with Gasteiger partial charge in [0.1, 0.15) is 11.5 Å². The highest BCUT2D eigenvalue weighted by Gasteiger charge is 2.26. The SMILES string of the molecule is Cc1cccnc1C(N)=Nc1nc(N)nc2c1C=NC(C(C)CCN1CCN(c3cc(CC#N)ccc3F)CC1)C2. The molecule has 1 saturated heterocycles. The van der Waals surface area contributed by atoms with Gasteiger partial charge in [-0.05, 0) is 55.1 Å². The predicted octanol–water partition coefficient (Wildman–Crippen LogP) is 3.20. The fraction of sp³-hybridized carbons (Fsp3) is 0.400. The molecule has 4 N–H and O–H groups in total. The lowest BCUT2D eigenvalue weighted by Gasteiger charge is -2.37. The fourth-order valence-electron chi connectivity index (χ4n) is 5.38. The van der Waals surface area contributed by atoms with Crippen molar-refractivity contribution in [2.45, 2.75) is 39.2 Å². The number of nitrogens with zero attached hydrogens (tertiary/aromatic N) is 8. The first-order valence-electron chi connectivity index (χ1n) is 13.9. The Morgan fingerprint density at radius 2 is 2.02 bits per heavy atom. The van der Waals surface area contributed by atoms with Crippen LogP contribution in [-0.4, -0.2) is 70.7 Å². The van der Waals surface area contributed by atoms with Crippen molar-refractivity contribution < 1.29 is 4.39 Å². The number of hydrogen-bond acceptors (Lipinski definition) is 9. The van der Waals surface area contributed by atoms with Crippen LogP contribution in [0.2, 0.25) is 0 Å². The lowest BCUT2D eigenvalue weighted by molar-refractivity contribution is 0.233. The molecule has 0 aliphatic carbocycles. The van der Waals surface area contributed by atoms with E-state index in [-0.39, 0.29) is 30.1 Å². The molecule has 2 aliphatic rings. The summed E-state index contributed by atoms with van der Waals surface area (Å²) in [6.45, 7) is 8.28. The average Bonchev–Trinajstić information content (AvgIpc) is 2.97. The monoisotopic (exact) mass is 554 g/mol. The van der Waals surface area contributed by atoms with Crippen LogP contribution in [0.3, 0.4) is 0 Å². The van der Waals surface area contributed by atoms with Crippen LogP contribution in [0.5, 0.6) is 0 Å². The Bertz CT molecular complexity index is 1500. The van der Waals surface area contributed by atoms with Gasteiger partial charge in [-0.3, -0.25) is 14.9 Å². The van der Waals surface area contributed by atoms with E-state index < -0.39 is 0 Å². The number of aryl methyl sites for hydroxylation is 1. The molecule has 0 amide bonds. The maximum Gasteiger partial charge on any atom is 0.222 e. The Morgan fingerprint density at radius 3 is 2.78 bits per heavy atom. The summed E-state index contributed by atoms with van der Waals surface area (Å²) in [7, 11) is 0. The second-order valence-corrected chi connectivity index (χ2v) is 10.7. The Labute approximate surface area is 239 Å². The molecule has 41 heavy (non-hydrogen) atoms. The number of halogens is 1. The molecule has 11 heteroatoms. The molecule has 5 rings (SSSR count). The van der Waals surface area contributed by atoms with Gasteiger partial charge in [0.15, 0.2) is 11.7 Å². The number of aromatic nitrogens is 3. The van der Waals surface area contributed by atoms with Gasteiger partial charge in [0, 0.05) is 45.0 Å². The van der Waals surface area contributed by atoms with E-state index in [1.54, 1.807) is 24.5 Å². The second-order valence-electron chi connectivity index (χ2n) is 10.7. The second kappa shape index (κ2) is 12.4. The van der Waals surface area contributed by atoms with Crippen molar-refractivity contribution in [1.29, 1.82) is 5.26 Å². The van der Waals surface area contributed by atoms with Crippen LogP contribution in [0, 0.1) is 30.0 Å². The average molecular weight is 555 g/mol. The molecule has 0 saturated carbocycles. The number of anilines is 2. The molecule has 1 aromatic carbocycles. The summed E-state index contributed by atoms with van der Waals surface area (Å²) in [5.74, 6) is 0.906. The Hall–Kier alpha value is -4.43. The zero-order valence-corrected chi connectivity index (χ0v) is 23.5. The predicted molar refractivity (Wildman–Crippen MR) is 159 cm³/mol. The van der Waals surface area contributed by atoms with E-state index in [9.17, 15) is 4.39 Å². The first-order valence-corrected chi connectivity index (χ1v) is 13.9. The van der Waals surface area contributed by atoms with Crippen molar-refractivity contribution in [2.24, 2.45) is 21.6 Å². The number of nitrogen functional groups attached to an aromatic ring is 1. The van der Waals surface area contributed by atoms with E-state index in [1.165, 1.54) is 6.07 Å². The summed E-state index contributed by atoms with van der Waals surface area (Å²) in [6, 6.07) is 10.9. The van der Waals surface area contributed by atoms with E-state index in [2.05, 4.69) is 42.7 Å². The van der Waals surface area contributed by atoms with Gasteiger partial charge in [0.05, 0.1) is 35.5 Å². The molecule has 1 fully saturated rings. The number of piperazine rings is 1. The third-order valence-corrected chi connectivity index (χ3v) is 7.86. The minimum atomic E-state index is -0.239. The minimum Gasteiger partial charge on any atom is -0.382 e. The number of fused-ring (bicyclic) bond motifs is 1. The molecule has 2 unspecified atom stereocenters. The minimum absolute atomic E-state index is 0.0715. The van der Waals surface area contributed by atoms with Gasteiger partial charge in [0.25, 0.3) is 0 Å². The van der Waals surface area contributed by atoms with Crippen LogP contribution in [0.25, 0.3) is 0 Å². The van der Waals surface area contributed by atoms with Gasteiger partial charge in [-0.15, -0.1) is 0 Å². The van der Waals surface area contributed by atoms with Crippen LogP contribution in [0.4, 0.5) is 21.8 Å². The summed E-state index contributed by atoms with van der Waals surface area (Å²) in [5, 5.41) is 8.98. The van der Waals surface area contributed by atoms with E-state index in [4.69, 9.17) is 21.7 Å². The van der Waals surface area contributed by atoms with Gasteiger partial charge in [0.2, 0.25) is 5.95 Å². The lowest BCUT2D eigenvalue weighted by atomic mass is 9.91. The summed E-state index contributed by atoms with van der Waals surface area (Å²) in [6.07, 6.45) is 5.38. The first kappa shape index (κ1) is 28.1. The zero-order valence-electron chi connectivity index (χ0n) is 23.5. The van der Waals surface area contributed by atoms with Crippen LogP contribution in [0.15, 0.2) is 46.5 Å². The number of hydrogen-bond donors (Lipinski definition) is 2. The maximum absolute atomic E-state index is 14.5. The molecule has 2 aliphatic heterocycles. The largest absolute Gasteiger partial charge is 0.382 e. The molecule has 0 radical (unpaired) electrons. The third kappa shape index (κ3) is 6.49. The van der Waals surface area contributed by atoms with Crippen molar-refractivity contribution in [3.8, 4) is 6.07 Å². The Kier molecular flexibility index (Phi) is 8.50. The molecule has 0 spiro atoms. The van der Waals surface area contributed by atoms with Crippen molar-refractivity contribution in [2.75, 3.05) is 43.4 Å². The van der Waals surface area contributed by atoms with Crippen LogP contribution in [-0.2, 0) is 12.8 Å². The number of pyridine rings is 1. The number of aliphatic imine (C=N–C) groups is 2. The van der Waals surface area contributed by atoms with Crippen molar-refractivity contribution >= 4 is 29.5 Å². The molecule has 2 atom stereocenters. The number of amidine groups is 1. The van der Waals surface area contributed by atoms with E-state index in [1.807, 2.05) is 19.1 Å². The van der Waals surface area contributed by atoms with E-state index >= 15 is 0 Å². The van der Waals surface area contributed by atoms with Gasteiger partial charge >= 0.3 is 0 Å². The topological polar surface area (TPSA) is 146 Å². The van der Waals surface area contributed by atoms with E-state index in [0.29, 0.717) is 29.5 Å². The third-order valence-electron chi connectivity index (χ3n) is 7.86. The van der Waals surface area contributed by atoms with Crippen LogP contribution >= 0.6 is 0 Å². The van der Waals surface area contributed by atoms with Crippen molar-refractivity contribution in [3.05, 3.63) is 70.4 Å². The zero-order chi connectivity index (χ0) is 28.9.